The summed E-state index contributed by atoms with van der Waals surface area (Å²) in [5.74, 6) is 1.63. The summed E-state index contributed by atoms with van der Waals surface area (Å²) >= 11 is 0. The van der Waals surface area contributed by atoms with E-state index in [2.05, 4.69) is 15.0 Å². The second-order valence-electron chi connectivity index (χ2n) is 7.72. The van der Waals surface area contributed by atoms with Gasteiger partial charge in [0.25, 0.3) is 5.69 Å². The van der Waals surface area contributed by atoms with Crippen molar-refractivity contribution in [3.63, 3.8) is 0 Å². The predicted octanol–water partition coefficient (Wildman–Crippen LogP) is 5.90. The zero-order chi connectivity index (χ0) is 26.9. The molecule has 0 atom stereocenters. The molecule has 0 saturated carbocycles. The number of anilines is 1. The molecule has 38 heavy (non-hydrogen) atoms. The van der Waals surface area contributed by atoms with Crippen LogP contribution in [0.1, 0.15) is 17.4 Å². The van der Waals surface area contributed by atoms with Crippen LogP contribution in [0.2, 0.25) is 0 Å². The Labute approximate surface area is 217 Å². The minimum absolute atomic E-state index is 0.147. The number of rotatable bonds is 7. The van der Waals surface area contributed by atoms with E-state index in [0.717, 1.165) is 17.2 Å². The monoisotopic (exact) mass is 513 g/mol. The number of carbonyl (C=O) groups excluding carboxylic acids is 1. The number of nitro groups is 1. The number of aromatic nitrogens is 3. The van der Waals surface area contributed by atoms with E-state index in [0.29, 0.717) is 11.1 Å². The summed E-state index contributed by atoms with van der Waals surface area (Å²) < 4.78 is 16.0. The quantitative estimate of drug-likeness (QED) is 0.117. The molecule has 0 saturated heterocycles. The van der Waals surface area contributed by atoms with Crippen LogP contribution in [0.3, 0.4) is 0 Å². The molecule has 0 fully saturated rings. The van der Waals surface area contributed by atoms with E-state index in [4.69, 9.17) is 19.9 Å². The van der Waals surface area contributed by atoms with Gasteiger partial charge in [-0.05, 0) is 67.6 Å². The fourth-order valence-electron chi connectivity index (χ4n) is 3.34. The summed E-state index contributed by atoms with van der Waals surface area (Å²) in [6.07, 6.45) is 6.46. The highest BCUT2D eigenvalue weighted by atomic mass is 16.6. The third-order valence-corrected chi connectivity index (χ3v) is 4.99. The number of fused-ring (bicyclic) bond motifs is 1. The van der Waals surface area contributed by atoms with Crippen LogP contribution in [-0.2, 0) is 4.74 Å². The van der Waals surface area contributed by atoms with Gasteiger partial charge in [-0.2, -0.15) is 0 Å². The number of H-pyrrole nitrogens is 1. The molecule has 5 aromatic rings. The van der Waals surface area contributed by atoms with Crippen molar-refractivity contribution in [3.05, 3.63) is 107 Å². The van der Waals surface area contributed by atoms with Gasteiger partial charge in [-0.25, -0.2) is 4.79 Å². The van der Waals surface area contributed by atoms with Gasteiger partial charge in [-0.3, -0.25) is 20.1 Å². The minimum atomic E-state index is -0.572. The van der Waals surface area contributed by atoms with Crippen molar-refractivity contribution in [1.29, 1.82) is 0 Å². The van der Waals surface area contributed by atoms with Gasteiger partial charge in [0.1, 0.15) is 34.2 Å². The number of nitrogens with two attached hydrogens (primary N) is 1. The first kappa shape index (κ1) is 25.6. The number of pyridine rings is 2. The Bertz CT molecular complexity index is 1520. The molecule has 3 N–H and O–H groups in total. The largest absolute Gasteiger partial charge is 0.461 e. The second-order valence-corrected chi connectivity index (χ2v) is 7.72. The van der Waals surface area contributed by atoms with Gasteiger partial charge < -0.3 is 24.9 Å². The number of benzene rings is 2. The number of aromatic amines is 1. The van der Waals surface area contributed by atoms with E-state index in [1.807, 2.05) is 24.3 Å². The van der Waals surface area contributed by atoms with Crippen molar-refractivity contribution in [2.75, 3.05) is 12.3 Å². The highest BCUT2D eigenvalue weighted by molar-refractivity contribution is 5.98. The average molecular weight is 514 g/mol. The predicted molar refractivity (Wildman–Crippen MR) is 140 cm³/mol. The molecule has 0 aliphatic carbocycles. The highest BCUT2D eigenvalue weighted by Gasteiger charge is 2.20. The maximum atomic E-state index is 11.8. The SMILES string of the molecule is CCOC(=O)c1cc2cc(Oc3cccnc3)cc([N+](=O)[O-])c2[nH]1.Nc1ccc(Oc2cccnc2)cc1. The molecule has 0 aliphatic rings. The van der Waals surface area contributed by atoms with E-state index in [9.17, 15) is 14.9 Å². The molecule has 3 heterocycles. The molecule has 11 heteroatoms. The van der Waals surface area contributed by atoms with E-state index in [1.165, 1.54) is 18.3 Å². The minimum Gasteiger partial charge on any atom is -0.461 e. The number of hydrogen-bond acceptors (Lipinski definition) is 9. The van der Waals surface area contributed by atoms with Crippen LogP contribution in [0.15, 0.2) is 91.5 Å². The number of nitrogens with one attached hydrogen (secondary N) is 1. The molecule has 5 rings (SSSR count). The van der Waals surface area contributed by atoms with Gasteiger partial charge in [0, 0.05) is 23.5 Å². The Hall–Kier alpha value is -5.45. The van der Waals surface area contributed by atoms with Crippen molar-refractivity contribution in [1.82, 2.24) is 15.0 Å². The summed E-state index contributed by atoms with van der Waals surface area (Å²) in [5.41, 5.74) is 6.47. The zero-order valence-corrected chi connectivity index (χ0v) is 20.2. The average Bonchev–Trinajstić information content (AvgIpc) is 3.36. The Balaban J connectivity index is 0.000000204. The molecule has 2 aromatic carbocycles. The van der Waals surface area contributed by atoms with Gasteiger partial charge in [0.05, 0.1) is 30.0 Å². The number of nitrogens with zero attached hydrogens (tertiary/aromatic N) is 3. The molecule has 3 aromatic heterocycles. The summed E-state index contributed by atoms with van der Waals surface area (Å²) in [5, 5.41) is 11.8. The van der Waals surface area contributed by atoms with Gasteiger partial charge in [-0.15, -0.1) is 0 Å². The Morgan fingerprint density at radius 1 is 0.921 bits per heavy atom. The molecule has 0 bridgehead atoms. The lowest BCUT2D eigenvalue weighted by Gasteiger charge is -2.05. The molecule has 0 radical (unpaired) electrons. The Morgan fingerprint density at radius 3 is 2.11 bits per heavy atom. The Kier molecular flexibility index (Phi) is 8.09. The summed E-state index contributed by atoms with van der Waals surface area (Å²) in [6, 6.07) is 18.7. The van der Waals surface area contributed by atoms with Crippen LogP contribution < -0.4 is 15.2 Å². The van der Waals surface area contributed by atoms with E-state index < -0.39 is 10.9 Å². The van der Waals surface area contributed by atoms with Gasteiger partial charge in [0.15, 0.2) is 0 Å². The first-order valence-electron chi connectivity index (χ1n) is 11.4. The highest BCUT2D eigenvalue weighted by Crippen LogP contribution is 2.33. The van der Waals surface area contributed by atoms with E-state index in [-0.39, 0.29) is 29.3 Å². The van der Waals surface area contributed by atoms with Crippen molar-refractivity contribution >= 4 is 28.2 Å². The van der Waals surface area contributed by atoms with E-state index >= 15 is 0 Å². The molecule has 0 amide bonds. The van der Waals surface area contributed by atoms with Crippen LogP contribution in [-0.4, -0.2) is 32.5 Å². The third kappa shape index (κ3) is 6.61. The summed E-state index contributed by atoms with van der Waals surface area (Å²) in [6.45, 7) is 1.90. The van der Waals surface area contributed by atoms with Crippen LogP contribution in [0.25, 0.3) is 10.9 Å². The molecule has 0 spiro atoms. The summed E-state index contributed by atoms with van der Waals surface area (Å²) in [7, 11) is 0. The first-order chi connectivity index (χ1) is 18.4. The first-order valence-corrected chi connectivity index (χ1v) is 11.4. The lowest BCUT2D eigenvalue weighted by atomic mass is 10.2. The molecule has 192 valence electrons. The normalized spacial score (nSPS) is 10.2. The fourth-order valence-corrected chi connectivity index (χ4v) is 3.34. The lowest BCUT2D eigenvalue weighted by molar-refractivity contribution is -0.383. The van der Waals surface area contributed by atoms with Crippen LogP contribution >= 0.6 is 0 Å². The maximum Gasteiger partial charge on any atom is 0.354 e. The molecular formula is C27H23N5O6. The number of non-ortho nitro benzene ring substituents is 1. The zero-order valence-electron chi connectivity index (χ0n) is 20.2. The number of nitro benzene ring substituents is 1. The number of hydrogen-bond donors (Lipinski definition) is 2. The molecule has 11 nitrogen and oxygen atoms in total. The van der Waals surface area contributed by atoms with Crippen molar-refractivity contribution in [2.24, 2.45) is 0 Å². The number of ether oxygens (including phenoxy) is 3. The van der Waals surface area contributed by atoms with E-state index in [1.54, 1.807) is 55.8 Å². The molecule has 0 unspecified atom stereocenters. The fraction of sp³-hybridized carbons (Fsp3) is 0.0741. The van der Waals surface area contributed by atoms with Crippen LogP contribution in [0, 0.1) is 10.1 Å². The number of esters is 1. The van der Waals surface area contributed by atoms with Crippen LogP contribution in [0.5, 0.6) is 23.0 Å². The van der Waals surface area contributed by atoms with Crippen LogP contribution in [0.4, 0.5) is 11.4 Å². The van der Waals surface area contributed by atoms with Crippen molar-refractivity contribution in [3.8, 4) is 23.0 Å². The van der Waals surface area contributed by atoms with Gasteiger partial charge in [0.2, 0.25) is 0 Å². The maximum absolute atomic E-state index is 11.8. The van der Waals surface area contributed by atoms with Crippen molar-refractivity contribution < 1.29 is 23.9 Å². The lowest BCUT2D eigenvalue weighted by Crippen LogP contribution is -2.04. The number of nitrogen functional groups attached to an aromatic ring is 1. The standard InChI is InChI=1S/C16H13N3O5.C11H10N2O/c1-2-23-16(20)13-7-10-6-12(24-11-4-3-5-17-9-11)8-14(19(21)22)15(10)18-13;12-9-3-5-10(6-4-9)14-11-2-1-7-13-8-11/h3-9,18H,2H2,1H3;1-8H,12H2. The van der Waals surface area contributed by atoms with Gasteiger partial charge in [-0.1, -0.05) is 0 Å². The smallest absolute Gasteiger partial charge is 0.354 e. The summed E-state index contributed by atoms with van der Waals surface area (Å²) in [4.78, 5) is 33.2. The van der Waals surface area contributed by atoms with Crippen molar-refractivity contribution in [2.45, 2.75) is 6.92 Å². The third-order valence-electron chi connectivity index (χ3n) is 4.99. The van der Waals surface area contributed by atoms with Gasteiger partial charge >= 0.3 is 5.97 Å². The molecular weight excluding hydrogens is 490 g/mol. The topological polar surface area (TPSA) is 155 Å². The Morgan fingerprint density at radius 2 is 1.55 bits per heavy atom. The second kappa shape index (κ2) is 12.0. The number of carbonyl (C=O) groups is 1. The molecule has 0 aliphatic heterocycles.